The SMILES string of the molecule is COc1cccc(OC)c1C(=O)Nc1ccc(NCc2ccc(Cl)cc2)cn1. The van der Waals surface area contributed by atoms with Crippen molar-refractivity contribution in [3.05, 3.63) is 76.9 Å². The van der Waals surface area contributed by atoms with Crippen molar-refractivity contribution >= 4 is 29.0 Å². The van der Waals surface area contributed by atoms with Gasteiger partial charge in [-0.15, -0.1) is 0 Å². The monoisotopic (exact) mass is 397 g/mol. The highest BCUT2D eigenvalue weighted by Crippen LogP contribution is 2.29. The van der Waals surface area contributed by atoms with Gasteiger partial charge in [0.2, 0.25) is 0 Å². The zero-order valence-electron chi connectivity index (χ0n) is 15.5. The van der Waals surface area contributed by atoms with Gasteiger partial charge in [-0.2, -0.15) is 0 Å². The second kappa shape index (κ2) is 9.10. The first-order chi connectivity index (χ1) is 13.6. The average molecular weight is 398 g/mol. The number of hydrogen-bond donors (Lipinski definition) is 2. The molecule has 0 saturated carbocycles. The van der Waals surface area contributed by atoms with Crippen molar-refractivity contribution in [2.24, 2.45) is 0 Å². The molecule has 0 bridgehead atoms. The molecular formula is C21H20ClN3O3. The number of carbonyl (C=O) groups is 1. The topological polar surface area (TPSA) is 72.5 Å². The van der Waals surface area contributed by atoms with Crippen molar-refractivity contribution in [3.63, 3.8) is 0 Å². The molecule has 3 rings (SSSR count). The van der Waals surface area contributed by atoms with E-state index in [1.807, 2.05) is 30.3 Å². The lowest BCUT2D eigenvalue weighted by Gasteiger charge is -2.13. The maximum Gasteiger partial charge on any atom is 0.264 e. The summed E-state index contributed by atoms with van der Waals surface area (Å²) >= 11 is 5.89. The summed E-state index contributed by atoms with van der Waals surface area (Å²) in [6, 6.07) is 16.3. The van der Waals surface area contributed by atoms with Gasteiger partial charge in [0.05, 0.1) is 26.1 Å². The van der Waals surface area contributed by atoms with Crippen molar-refractivity contribution < 1.29 is 14.3 Å². The molecule has 2 aromatic carbocycles. The molecule has 0 radical (unpaired) electrons. The Kier molecular flexibility index (Phi) is 6.34. The maximum atomic E-state index is 12.7. The summed E-state index contributed by atoms with van der Waals surface area (Å²) in [5.41, 5.74) is 2.26. The molecule has 0 unspecified atom stereocenters. The Hall–Kier alpha value is -3.25. The molecule has 144 valence electrons. The normalized spacial score (nSPS) is 10.2. The molecule has 0 spiro atoms. The molecular weight excluding hydrogens is 378 g/mol. The summed E-state index contributed by atoms with van der Waals surface area (Å²) in [6.07, 6.45) is 1.66. The van der Waals surface area contributed by atoms with E-state index in [2.05, 4.69) is 15.6 Å². The number of benzene rings is 2. The van der Waals surface area contributed by atoms with Gasteiger partial charge in [0, 0.05) is 11.6 Å². The largest absolute Gasteiger partial charge is 0.496 e. The number of nitrogens with zero attached hydrogens (tertiary/aromatic N) is 1. The van der Waals surface area contributed by atoms with E-state index in [4.69, 9.17) is 21.1 Å². The summed E-state index contributed by atoms with van der Waals surface area (Å²) in [4.78, 5) is 16.9. The van der Waals surface area contributed by atoms with Crippen LogP contribution in [0.3, 0.4) is 0 Å². The fourth-order valence-corrected chi connectivity index (χ4v) is 2.76. The van der Waals surface area contributed by atoms with Gasteiger partial charge in [0.1, 0.15) is 22.9 Å². The van der Waals surface area contributed by atoms with Gasteiger partial charge in [0.15, 0.2) is 0 Å². The number of anilines is 2. The number of halogens is 1. The highest BCUT2D eigenvalue weighted by molar-refractivity contribution is 6.30. The van der Waals surface area contributed by atoms with Crippen LogP contribution in [0.5, 0.6) is 11.5 Å². The van der Waals surface area contributed by atoms with E-state index in [0.29, 0.717) is 34.4 Å². The van der Waals surface area contributed by atoms with Crippen LogP contribution >= 0.6 is 11.6 Å². The number of nitrogens with one attached hydrogen (secondary N) is 2. The molecule has 1 amide bonds. The van der Waals surface area contributed by atoms with E-state index in [0.717, 1.165) is 11.3 Å². The maximum absolute atomic E-state index is 12.7. The first-order valence-corrected chi connectivity index (χ1v) is 8.95. The Labute approximate surface area is 168 Å². The standard InChI is InChI=1S/C21H20ClN3O3/c1-27-17-4-3-5-18(28-2)20(17)21(26)25-19-11-10-16(13-24-19)23-12-14-6-8-15(22)9-7-14/h3-11,13,23H,12H2,1-2H3,(H,24,25,26). The second-order valence-electron chi connectivity index (χ2n) is 5.90. The number of pyridine rings is 1. The Bertz CT molecular complexity index is 922. The Morgan fingerprint density at radius 3 is 2.25 bits per heavy atom. The zero-order chi connectivity index (χ0) is 19.9. The van der Waals surface area contributed by atoms with E-state index >= 15 is 0 Å². The van der Waals surface area contributed by atoms with Crippen molar-refractivity contribution in [3.8, 4) is 11.5 Å². The lowest BCUT2D eigenvalue weighted by atomic mass is 10.1. The molecule has 2 N–H and O–H groups in total. The molecule has 0 aliphatic carbocycles. The van der Waals surface area contributed by atoms with Crippen LogP contribution in [-0.4, -0.2) is 25.1 Å². The number of carbonyl (C=O) groups excluding carboxylic acids is 1. The molecule has 28 heavy (non-hydrogen) atoms. The first-order valence-electron chi connectivity index (χ1n) is 8.57. The van der Waals surface area contributed by atoms with Gasteiger partial charge in [-0.1, -0.05) is 29.8 Å². The van der Waals surface area contributed by atoms with Crippen molar-refractivity contribution in [1.82, 2.24) is 4.98 Å². The van der Waals surface area contributed by atoms with Crippen LogP contribution in [0.2, 0.25) is 5.02 Å². The van der Waals surface area contributed by atoms with Crippen LogP contribution in [0.1, 0.15) is 15.9 Å². The zero-order valence-corrected chi connectivity index (χ0v) is 16.3. The number of methoxy groups -OCH3 is 2. The van der Waals surface area contributed by atoms with Crippen molar-refractivity contribution in [2.75, 3.05) is 24.9 Å². The van der Waals surface area contributed by atoms with Crippen molar-refractivity contribution in [1.29, 1.82) is 0 Å². The summed E-state index contributed by atoms with van der Waals surface area (Å²) in [5.74, 6) is 0.926. The molecule has 0 aliphatic rings. The molecule has 0 atom stereocenters. The van der Waals surface area contributed by atoms with Gasteiger partial charge < -0.3 is 20.1 Å². The summed E-state index contributed by atoms with van der Waals surface area (Å²) in [6.45, 7) is 0.642. The molecule has 6 nitrogen and oxygen atoms in total. The fourth-order valence-electron chi connectivity index (χ4n) is 2.63. The lowest BCUT2D eigenvalue weighted by Crippen LogP contribution is -2.15. The van der Waals surface area contributed by atoms with Crippen LogP contribution in [0.15, 0.2) is 60.8 Å². The number of rotatable bonds is 7. The molecule has 1 heterocycles. The molecule has 7 heteroatoms. The third-order valence-electron chi connectivity index (χ3n) is 4.07. The minimum atomic E-state index is -0.358. The highest BCUT2D eigenvalue weighted by atomic mass is 35.5. The van der Waals surface area contributed by atoms with Gasteiger partial charge in [0.25, 0.3) is 5.91 Å². The van der Waals surface area contributed by atoms with Gasteiger partial charge in [-0.25, -0.2) is 4.98 Å². The fraction of sp³-hybridized carbons (Fsp3) is 0.143. The molecule has 0 aliphatic heterocycles. The van der Waals surface area contributed by atoms with E-state index < -0.39 is 0 Å². The number of aromatic nitrogens is 1. The van der Waals surface area contributed by atoms with Crippen molar-refractivity contribution in [2.45, 2.75) is 6.54 Å². The molecule has 3 aromatic rings. The van der Waals surface area contributed by atoms with E-state index in [1.165, 1.54) is 14.2 Å². The molecule has 0 saturated heterocycles. The number of amides is 1. The quantitative estimate of drug-likeness (QED) is 0.608. The smallest absolute Gasteiger partial charge is 0.264 e. The Morgan fingerprint density at radius 1 is 1.00 bits per heavy atom. The summed E-state index contributed by atoms with van der Waals surface area (Å²) < 4.78 is 10.5. The second-order valence-corrected chi connectivity index (χ2v) is 6.34. The van der Waals surface area contributed by atoms with Crippen LogP contribution in [0.4, 0.5) is 11.5 Å². The van der Waals surface area contributed by atoms with Crippen LogP contribution in [0, 0.1) is 0 Å². The van der Waals surface area contributed by atoms with Crippen LogP contribution in [0.25, 0.3) is 0 Å². The Morgan fingerprint density at radius 2 is 1.68 bits per heavy atom. The molecule has 0 fully saturated rings. The third kappa shape index (κ3) is 4.72. The van der Waals surface area contributed by atoms with Gasteiger partial charge >= 0.3 is 0 Å². The third-order valence-corrected chi connectivity index (χ3v) is 4.32. The minimum Gasteiger partial charge on any atom is -0.496 e. The van der Waals surface area contributed by atoms with Crippen LogP contribution in [-0.2, 0) is 6.54 Å². The summed E-state index contributed by atoms with van der Waals surface area (Å²) in [7, 11) is 3.01. The highest BCUT2D eigenvalue weighted by Gasteiger charge is 2.18. The van der Waals surface area contributed by atoms with Gasteiger partial charge in [-0.3, -0.25) is 4.79 Å². The van der Waals surface area contributed by atoms with Gasteiger partial charge in [-0.05, 0) is 42.0 Å². The lowest BCUT2D eigenvalue weighted by molar-refractivity contribution is 0.102. The van der Waals surface area contributed by atoms with E-state index in [9.17, 15) is 4.79 Å². The van der Waals surface area contributed by atoms with E-state index in [-0.39, 0.29) is 5.91 Å². The number of ether oxygens (including phenoxy) is 2. The molecule has 1 aromatic heterocycles. The Balaban J connectivity index is 1.66. The predicted octanol–water partition coefficient (Wildman–Crippen LogP) is 4.62. The van der Waals surface area contributed by atoms with Crippen LogP contribution < -0.4 is 20.1 Å². The average Bonchev–Trinajstić information content (AvgIpc) is 2.73. The predicted molar refractivity (Wildman–Crippen MR) is 111 cm³/mol. The minimum absolute atomic E-state index is 0.319. The van der Waals surface area contributed by atoms with E-state index in [1.54, 1.807) is 30.5 Å². The first kappa shape index (κ1) is 19.5. The number of hydrogen-bond acceptors (Lipinski definition) is 5. The summed E-state index contributed by atoms with van der Waals surface area (Å²) in [5, 5.41) is 6.74.